The van der Waals surface area contributed by atoms with Gasteiger partial charge in [0.2, 0.25) is 0 Å². The molecule has 2 aliphatic heterocycles. The molecule has 0 aliphatic carbocycles. The normalized spacial score (nSPS) is 21.0. The Balaban J connectivity index is 1.83. The van der Waals surface area contributed by atoms with Gasteiger partial charge in [-0.3, -0.25) is 4.90 Å². The summed E-state index contributed by atoms with van der Waals surface area (Å²) in [7, 11) is 0. The minimum absolute atomic E-state index is 1.11. The summed E-state index contributed by atoms with van der Waals surface area (Å²) < 4.78 is 0. The predicted molar refractivity (Wildman–Crippen MR) is 80.8 cm³/mol. The van der Waals surface area contributed by atoms with E-state index in [1.54, 1.807) is 0 Å². The second-order valence-corrected chi connectivity index (χ2v) is 5.80. The Bertz CT molecular complexity index is 418. The Morgan fingerprint density at radius 2 is 1.79 bits per heavy atom. The van der Waals surface area contributed by atoms with E-state index in [0.717, 1.165) is 32.7 Å². The largest absolute Gasteiger partial charge is 0.369 e. The zero-order valence-corrected chi connectivity index (χ0v) is 12.0. The number of rotatable bonds is 3. The van der Waals surface area contributed by atoms with Crippen LogP contribution in [0.3, 0.4) is 0 Å². The summed E-state index contributed by atoms with van der Waals surface area (Å²) in [6, 6.07) is 6.79. The first-order valence-corrected chi connectivity index (χ1v) is 7.61. The maximum absolute atomic E-state index is 3.44. The third kappa shape index (κ3) is 2.93. The third-order valence-corrected chi connectivity index (χ3v) is 4.35. The topological polar surface area (TPSA) is 18.5 Å². The summed E-state index contributed by atoms with van der Waals surface area (Å²) in [5.41, 5.74) is 4.44. The summed E-state index contributed by atoms with van der Waals surface area (Å²) in [5, 5.41) is 3.44. The van der Waals surface area contributed by atoms with Gasteiger partial charge in [-0.15, -0.1) is 0 Å². The van der Waals surface area contributed by atoms with Gasteiger partial charge < -0.3 is 10.2 Å². The number of likely N-dealkylation sites (tertiary alicyclic amines) is 1. The molecular weight excluding hydrogens is 234 g/mol. The van der Waals surface area contributed by atoms with E-state index in [-0.39, 0.29) is 0 Å². The van der Waals surface area contributed by atoms with Crippen molar-refractivity contribution >= 4 is 5.69 Å². The Morgan fingerprint density at radius 3 is 2.53 bits per heavy atom. The number of nitrogens with zero attached hydrogens (tertiary/aromatic N) is 2. The molecule has 0 atom stereocenters. The highest BCUT2D eigenvalue weighted by molar-refractivity contribution is 5.59. The van der Waals surface area contributed by atoms with Crippen LogP contribution in [0.4, 0.5) is 5.69 Å². The van der Waals surface area contributed by atoms with Crippen LogP contribution < -0.4 is 10.2 Å². The van der Waals surface area contributed by atoms with E-state index in [2.05, 4.69) is 40.2 Å². The van der Waals surface area contributed by atoms with Crippen LogP contribution in [0.25, 0.3) is 0 Å². The molecule has 2 aliphatic rings. The van der Waals surface area contributed by atoms with Crippen LogP contribution in [0.15, 0.2) is 18.2 Å². The molecule has 2 heterocycles. The van der Waals surface area contributed by atoms with E-state index in [1.807, 2.05) is 0 Å². The number of piperazine rings is 1. The van der Waals surface area contributed by atoms with Crippen molar-refractivity contribution in [1.82, 2.24) is 10.2 Å². The summed E-state index contributed by atoms with van der Waals surface area (Å²) in [6.07, 6.45) is 2.74. The molecule has 3 rings (SSSR count). The summed E-state index contributed by atoms with van der Waals surface area (Å²) in [6.45, 7) is 10.4. The molecule has 1 aromatic rings. The molecule has 1 aromatic carbocycles. The number of para-hydroxylation sites is 1. The van der Waals surface area contributed by atoms with Crippen LogP contribution >= 0.6 is 0 Å². The summed E-state index contributed by atoms with van der Waals surface area (Å²) in [5.74, 6) is 0. The van der Waals surface area contributed by atoms with Gasteiger partial charge in [0.25, 0.3) is 0 Å². The van der Waals surface area contributed by atoms with Crippen molar-refractivity contribution in [3.8, 4) is 0 Å². The van der Waals surface area contributed by atoms with Gasteiger partial charge in [0.05, 0.1) is 0 Å². The summed E-state index contributed by atoms with van der Waals surface area (Å²) >= 11 is 0. The monoisotopic (exact) mass is 259 g/mol. The van der Waals surface area contributed by atoms with Crippen molar-refractivity contribution in [2.45, 2.75) is 26.3 Å². The van der Waals surface area contributed by atoms with Crippen LogP contribution in [-0.2, 0) is 6.54 Å². The quantitative estimate of drug-likeness (QED) is 0.896. The first kappa shape index (κ1) is 12.9. The van der Waals surface area contributed by atoms with Crippen LogP contribution in [0.1, 0.15) is 24.0 Å². The minimum atomic E-state index is 1.11. The molecule has 0 amide bonds. The zero-order chi connectivity index (χ0) is 13.1. The van der Waals surface area contributed by atoms with Crippen molar-refractivity contribution in [3.05, 3.63) is 29.3 Å². The molecule has 1 N–H and O–H groups in total. The van der Waals surface area contributed by atoms with Crippen LogP contribution in [0, 0.1) is 6.92 Å². The molecule has 19 heavy (non-hydrogen) atoms. The SMILES string of the molecule is Cc1cccc(CN2CCCC2)c1N1CCNCC1. The molecule has 3 heteroatoms. The van der Waals surface area contributed by atoms with E-state index in [0.29, 0.717) is 0 Å². The molecule has 0 bridgehead atoms. The lowest BCUT2D eigenvalue weighted by Gasteiger charge is -2.33. The molecule has 0 spiro atoms. The number of benzene rings is 1. The lowest BCUT2D eigenvalue weighted by molar-refractivity contribution is 0.331. The van der Waals surface area contributed by atoms with Crippen molar-refractivity contribution in [1.29, 1.82) is 0 Å². The Hall–Kier alpha value is -1.06. The maximum atomic E-state index is 3.44. The zero-order valence-electron chi connectivity index (χ0n) is 12.0. The van der Waals surface area contributed by atoms with E-state index >= 15 is 0 Å². The van der Waals surface area contributed by atoms with E-state index < -0.39 is 0 Å². The molecule has 2 saturated heterocycles. The highest BCUT2D eigenvalue weighted by atomic mass is 15.2. The average Bonchev–Trinajstić information content (AvgIpc) is 2.93. The van der Waals surface area contributed by atoms with E-state index in [9.17, 15) is 0 Å². The third-order valence-electron chi connectivity index (χ3n) is 4.35. The van der Waals surface area contributed by atoms with Crippen molar-refractivity contribution in [3.63, 3.8) is 0 Å². The molecule has 0 aromatic heterocycles. The van der Waals surface area contributed by atoms with Gasteiger partial charge >= 0.3 is 0 Å². The van der Waals surface area contributed by atoms with Gasteiger partial charge in [-0.25, -0.2) is 0 Å². The molecule has 104 valence electrons. The first-order chi connectivity index (χ1) is 9.34. The van der Waals surface area contributed by atoms with Gasteiger partial charge in [0.1, 0.15) is 0 Å². The second kappa shape index (κ2) is 5.93. The van der Waals surface area contributed by atoms with Crippen LogP contribution in [-0.4, -0.2) is 44.2 Å². The number of hydrogen-bond donors (Lipinski definition) is 1. The smallest absolute Gasteiger partial charge is 0.0442 e. The standard InChI is InChI=1S/C16H25N3/c1-14-5-4-6-15(13-18-9-2-3-10-18)16(14)19-11-7-17-8-12-19/h4-6,17H,2-3,7-13H2,1H3. The van der Waals surface area contributed by atoms with E-state index in [4.69, 9.17) is 0 Å². The molecular formula is C16H25N3. The van der Waals surface area contributed by atoms with E-state index in [1.165, 1.54) is 42.7 Å². The number of anilines is 1. The Kier molecular flexibility index (Phi) is 4.04. The fraction of sp³-hybridized carbons (Fsp3) is 0.625. The fourth-order valence-electron chi connectivity index (χ4n) is 3.37. The number of nitrogens with one attached hydrogen (secondary N) is 1. The molecule has 3 nitrogen and oxygen atoms in total. The van der Waals surface area contributed by atoms with Crippen LogP contribution in [0.5, 0.6) is 0 Å². The molecule has 0 unspecified atom stereocenters. The maximum Gasteiger partial charge on any atom is 0.0442 e. The summed E-state index contributed by atoms with van der Waals surface area (Å²) in [4.78, 5) is 5.16. The molecule has 2 fully saturated rings. The average molecular weight is 259 g/mol. The van der Waals surface area contributed by atoms with Crippen molar-refractivity contribution in [2.24, 2.45) is 0 Å². The first-order valence-electron chi connectivity index (χ1n) is 7.61. The van der Waals surface area contributed by atoms with Crippen LogP contribution in [0.2, 0.25) is 0 Å². The number of aryl methyl sites for hydroxylation is 1. The lowest BCUT2D eigenvalue weighted by Crippen LogP contribution is -2.44. The number of hydrogen-bond acceptors (Lipinski definition) is 3. The van der Waals surface area contributed by atoms with Gasteiger partial charge in [-0.2, -0.15) is 0 Å². The van der Waals surface area contributed by atoms with Crippen molar-refractivity contribution < 1.29 is 0 Å². The van der Waals surface area contributed by atoms with Gasteiger partial charge in [-0.1, -0.05) is 18.2 Å². The fourth-order valence-corrected chi connectivity index (χ4v) is 3.37. The predicted octanol–water partition coefficient (Wildman–Crippen LogP) is 2.00. The Morgan fingerprint density at radius 1 is 1.05 bits per heavy atom. The van der Waals surface area contributed by atoms with Gasteiger partial charge in [0.15, 0.2) is 0 Å². The highest BCUT2D eigenvalue weighted by Crippen LogP contribution is 2.27. The van der Waals surface area contributed by atoms with Gasteiger partial charge in [0, 0.05) is 38.4 Å². The lowest BCUT2D eigenvalue weighted by atomic mass is 10.1. The van der Waals surface area contributed by atoms with Crippen molar-refractivity contribution in [2.75, 3.05) is 44.2 Å². The second-order valence-electron chi connectivity index (χ2n) is 5.80. The molecule has 0 radical (unpaired) electrons. The van der Waals surface area contributed by atoms with Gasteiger partial charge in [-0.05, 0) is 44.0 Å². The molecule has 0 saturated carbocycles. The minimum Gasteiger partial charge on any atom is -0.369 e. The highest BCUT2D eigenvalue weighted by Gasteiger charge is 2.19. The Labute approximate surface area is 116 Å².